The van der Waals surface area contributed by atoms with Crippen molar-refractivity contribution in [2.75, 3.05) is 6.61 Å². The Labute approximate surface area is 82.2 Å². The van der Waals surface area contributed by atoms with Gasteiger partial charge < -0.3 is 15.9 Å². The van der Waals surface area contributed by atoms with Crippen LogP contribution in [0.3, 0.4) is 0 Å². The number of nitriles is 1. The lowest BCUT2D eigenvalue weighted by molar-refractivity contribution is 0.265. The molecule has 0 fully saturated rings. The number of hydrogen-bond donors (Lipinski definition) is 3. The van der Waals surface area contributed by atoms with Gasteiger partial charge in [-0.3, -0.25) is 0 Å². The molecule has 0 unspecified atom stereocenters. The minimum Gasteiger partial charge on any atom is -0.508 e. The van der Waals surface area contributed by atoms with Crippen molar-refractivity contribution < 1.29 is 10.2 Å². The van der Waals surface area contributed by atoms with E-state index in [0.29, 0.717) is 16.7 Å². The van der Waals surface area contributed by atoms with E-state index in [2.05, 4.69) is 0 Å². The Bertz CT molecular complexity index is 382. The fraction of sp³-hybridized carbons (Fsp3) is 0.300. The molecule has 0 bridgehead atoms. The highest BCUT2D eigenvalue weighted by Crippen LogP contribution is 2.26. The van der Waals surface area contributed by atoms with Gasteiger partial charge in [-0.1, -0.05) is 0 Å². The summed E-state index contributed by atoms with van der Waals surface area (Å²) in [6, 6.07) is 4.32. The molecular weight excluding hydrogens is 180 g/mol. The second-order valence-corrected chi connectivity index (χ2v) is 3.13. The maximum absolute atomic E-state index is 9.51. The summed E-state index contributed by atoms with van der Waals surface area (Å²) in [5, 5.41) is 27.1. The van der Waals surface area contributed by atoms with Crippen LogP contribution in [-0.4, -0.2) is 16.8 Å². The van der Waals surface area contributed by atoms with Crippen LogP contribution >= 0.6 is 0 Å². The summed E-state index contributed by atoms with van der Waals surface area (Å²) in [4.78, 5) is 0. The van der Waals surface area contributed by atoms with E-state index in [9.17, 15) is 5.11 Å². The molecule has 0 aromatic heterocycles. The topological polar surface area (TPSA) is 90.3 Å². The number of rotatable bonds is 2. The lowest BCUT2D eigenvalue weighted by Gasteiger charge is -2.12. The number of aliphatic hydroxyl groups excluding tert-OH is 1. The van der Waals surface area contributed by atoms with Gasteiger partial charge in [0.2, 0.25) is 0 Å². The number of hydrogen-bond acceptors (Lipinski definition) is 4. The third kappa shape index (κ3) is 1.84. The van der Waals surface area contributed by atoms with Crippen LogP contribution in [0.4, 0.5) is 0 Å². The number of aryl methyl sites for hydroxylation is 1. The van der Waals surface area contributed by atoms with Crippen molar-refractivity contribution >= 4 is 0 Å². The SMILES string of the molecule is Cc1cc(O)c([C@H](N)CO)cc1C#N. The molecule has 4 heteroatoms. The first kappa shape index (κ1) is 10.5. The van der Waals surface area contributed by atoms with Crippen molar-refractivity contribution in [3.8, 4) is 11.8 Å². The summed E-state index contributed by atoms with van der Waals surface area (Å²) in [6.45, 7) is 1.47. The van der Waals surface area contributed by atoms with E-state index in [0.717, 1.165) is 0 Å². The standard InChI is InChI=1S/C10H12N2O2/c1-6-2-10(14)8(9(12)5-13)3-7(6)4-11/h2-3,9,13-14H,5,12H2,1H3/t9-/m1/s1. The van der Waals surface area contributed by atoms with Gasteiger partial charge in [0.25, 0.3) is 0 Å². The Morgan fingerprint density at radius 2 is 2.21 bits per heavy atom. The fourth-order valence-electron chi connectivity index (χ4n) is 1.23. The average Bonchev–Trinajstić information content (AvgIpc) is 2.17. The molecule has 0 aliphatic carbocycles. The normalized spacial score (nSPS) is 12.1. The van der Waals surface area contributed by atoms with Crippen LogP contribution in [0.15, 0.2) is 12.1 Å². The second kappa shape index (κ2) is 4.09. The van der Waals surface area contributed by atoms with Gasteiger partial charge in [-0.15, -0.1) is 0 Å². The van der Waals surface area contributed by atoms with Crippen LogP contribution in [0.2, 0.25) is 0 Å². The molecule has 0 aliphatic rings. The minimum atomic E-state index is -0.650. The van der Waals surface area contributed by atoms with Gasteiger partial charge in [0.05, 0.1) is 24.3 Å². The first-order chi connectivity index (χ1) is 6.60. The Morgan fingerprint density at radius 1 is 1.57 bits per heavy atom. The van der Waals surface area contributed by atoms with E-state index < -0.39 is 6.04 Å². The number of phenolic OH excluding ortho intramolecular Hbond substituents is 1. The first-order valence-corrected chi connectivity index (χ1v) is 4.20. The number of aliphatic hydroxyl groups is 1. The summed E-state index contributed by atoms with van der Waals surface area (Å²) in [5.41, 5.74) is 7.10. The molecule has 0 saturated carbocycles. The summed E-state index contributed by atoms with van der Waals surface area (Å²) < 4.78 is 0. The number of aromatic hydroxyl groups is 1. The lowest BCUT2D eigenvalue weighted by atomic mass is 10.0. The van der Waals surface area contributed by atoms with Crippen LogP contribution in [0.25, 0.3) is 0 Å². The molecule has 1 rings (SSSR count). The zero-order valence-electron chi connectivity index (χ0n) is 7.86. The molecule has 74 valence electrons. The molecule has 0 radical (unpaired) electrons. The zero-order chi connectivity index (χ0) is 10.7. The molecule has 0 saturated heterocycles. The molecular formula is C10H12N2O2. The molecule has 1 atom stereocenters. The van der Waals surface area contributed by atoms with Crippen molar-refractivity contribution in [1.29, 1.82) is 5.26 Å². The summed E-state index contributed by atoms with van der Waals surface area (Å²) in [5.74, 6) is 0.0167. The molecule has 1 aromatic rings. The minimum absolute atomic E-state index is 0.0167. The Balaban J connectivity index is 3.26. The van der Waals surface area contributed by atoms with Gasteiger partial charge in [0.15, 0.2) is 0 Å². The second-order valence-electron chi connectivity index (χ2n) is 3.13. The largest absolute Gasteiger partial charge is 0.508 e. The fourth-order valence-corrected chi connectivity index (χ4v) is 1.23. The lowest BCUT2D eigenvalue weighted by Crippen LogP contribution is -2.15. The third-order valence-electron chi connectivity index (χ3n) is 2.09. The third-order valence-corrected chi connectivity index (χ3v) is 2.09. The van der Waals surface area contributed by atoms with E-state index >= 15 is 0 Å². The highest BCUT2D eigenvalue weighted by molar-refractivity contribution is 5.47. The zero-order valence-corrected chi connectivity index (χ0v) is 7.86. The number of nitrogens with two attached hydrogens (primary N) is 1. The van der Waals surface area contributed by atoms with Crippen LogP contribution in [0.1, 0.15) is 22.7 Å². The molecule has 1 aromatic carbocycles. The van der Waals surface area contributed by atoms with Crippen molar-refractivity contribution in [3.05, 3.63) is 28.8 Å². The molecule has 0 spiro atoms. The molecule has 4 N–H and O–H groups in total. The van der Waals surface area contributed by atoms with E-state index in [1.165, 1.54) is 12.1 Å². The molecule has 0 heterocycles. The van der Waals surface area contributed by atoms with E-state index in [1.54, 1.807) is 6.92 Å². The number of benzene rings is 1. The maximum Gasteiger partial charge on any atom is 0.120 e. The monoisotopic (exact) mass is 192 g/mol. The van der Waals surface area contributed by atoms with Gasteiger partial charge in [0.1, 0.15) is 5.75 Å². The van der Waals surface area contributed by atoms with Crippen LogP contribution in [0.5, 0.6) is 5.75 Å². The summed E-state index contributed by atoms with van der Waals surface area (Å²) in [7, 11) is 0. The van der Waals surface area contributed by atoms with Crippen molar-refractivity contribution in [2.24, 2.45) is 5.73 Å². The van der Waals surface area contributed by atoms with Crippen LogP contribution in [-0.2, 0) is 0 Å². The van der Waals surface area contributed by atoms with E-state index in [1.807, 2.05) is 6.07 Å². The summed E-state index contributed by atoms with van der Waals surface area (Å²) >= 11 is 0. The molecule has 14 heavy (non-hydrogen) atoms. The van der Waals surface area contributed by atoms with Crippen LogP contribution < -0.4 is 5.73 Å². The molecule has 4 nitrogen and oxygen atoms in total. The van der Waals surface area contributed by atoms with Gasteiger partial charge in [0, 0.05) is 5.56 Å². The highest BCUT2D eigenvalue weighted by Gasteiger charge is 2.12. The average molecular weight is 192 g/mol. The number of phenols is 1. The summed E-state index contributed by atoms with van der Waals surface area (Å²) in [6.07, 6.45) is 0. The Hall–Kier alpha value is -1.57. The van der Waals surface area contributed by atoms with Crippen LogP contribution in [0, 0.1) is 18.3 Å². The van der Waals surface area contributed by atoms with Gasteiger partial charge >= 0.3 is 0 Å². The quantitative estimate of drug-likeness (QED) is 0.638. The van der Waals surface area contributed by atoms with E-state index in [4.69, 9.17) is 16.1 Å². The predicted molar refractivity (Wildman–Crippen MR) is 51.6 cm³/mol. The highest BCUT2D eigenvalue weighted by atomic mass is 16.3. The van der Waals surface area contributed by atoms with Gasteiger partial charge in [-0.25, -0.2) is 0 Å². The maximum atomic E-state index is 9.51. The van der Waals surface area contributed by atoms with Gasteiger partial charge in [-0.2, -0.15) is 5.26 Å². The molecule has 0 aliphatic heterocycles. The Morgan fingerprint density at radius 3 is 2.71 bits per heavy atom. The predicted octanol–water partition coefficient (Wildman–Crippen LogP) is 0.564. The molecule has 0 amide bonds. The van der Waals surface area contributed by atoms with Crippen molar-refractivity contribution in [1.82, 2.24) is 0 Å². The van der Waals surface area contributed by atoms with Crippen molar-refractivity contribution in [3.63, 3.8) is 0 Å². The van der Waals surface area contributed by atoms with Gasteiger partial charge in [-0.05, 0) is 24.6 Å². The van der Waals surface area contributed by atoms with Crippen molar-refractivity contribution in [2.45, 2.75) is 13.0 Å². The van der Waals surface area contributed by atoms with E-state index in [-0.39, 0.29) is 12.4 Å². The Kier molecular flexibility index (Phi) is 3.07. The number of nitrogens with zero attached hydrogens (tertiary/aromatic N) is 1. The smallest absolute Gasteiger partial charge is 0.120 e. The first-order valence-electron chi connectivity index (χ1n) is 4.20.